The number of aliphatic hydroxyl groups excluding tert-OH is 1. The Hall–Kier alpha value is 0.390. The third kappa shape index (κ3) is 0.992. The molecule has 1 aliphatic carbocycles. The van der Waals surface area contributed by atoms with Crippen molar-refractivity contribution in [1.82, 2.24) is 0 Å². The molecule has 3 heteroatoms. The quantitative estimate of drug-likeness (QED) is 0.448. The molecule has 2 nitrogen and oxygen atoms in total. The van der Waals surface area contributed by atoms with Crippen LogP contribution in [0.2, 0.25) is 0 Å². The van der Waals surface area contributed by atoms with E-state index in [2.05, 4.69) is 41.7 Å². The summed E-state index contributed by atoms with van der Waals surface area (Å²) in [6.07, 6.45) is 5.75. The molecule has 0 radical (unpaired) electrons. The molecule has 4 atom stereocenters. The van der Waals surface area contributed by atoms with Crippen molar-refractivity contribution in [3.63, 3.8) is 0 Å². The fourth-order valence-electron chi connectivity index (χ4n) is 2.12. The van der Waals surface area contributed by atoms with Crippen LogP contribution in [-0.2, 0) is 4.74 Å². The standard InChI is InChI=1S/C9H13IO2/c1-6-9(5-11)4-2-3-7(12-6)8(9)10/h2,4,6-8,11H,3,5H2,1H3/t6-,7+,8-,9-/m1/s1. The molecule has 0 unspecified atom stereocenters. The van der Waals surface area contributed by atoms with E-state index in [1.165, 1.54) is 0 Å². The Labute approximate surface area is 86.1 Å². The van der Waals surface area contributed by atoms with E-state index in [0.29, 0.717) is 10.0 Å². The molecule has 12 heavy (non-hydrogen) atoms. The van der Waals surface area contributed by atoms with Gasteiger partial charge in [-0.05, 0) is 13.3 Å². The normalized spacial score (nSPS) is 51.4. The monoisotopic (exact) mass is 280 g/mol. The summed E-state index contributed by atoms with van der Waals surface area (Å²) in [6.45, 7) is 2.26. The van der Waals surface area contributed by atoms with E-state index in [-0.39, 0.29) is 18.1 Å². The molecule has 0 aromatic carbocycles. The number of hydrogen-bond acceptors (Lipinski definition) is 2. The Morgan fingerprint density at radius 3 is 3.08 bits per heavy atom. The number of aliphatic hydroxyl groups is 1. The van der Waals surface area contributed by atoms with E-state index in [1.807, 2.05) is 0 Å². The number of rotatable bonds is 1. The maximum Gasteiger partial charge on any atom is 0.0741 e. The average Bonchev–Trinajstić information content (AvgIpc) is 2.23. The van der Waals surface area contributed by atoms with Crippen LogP contribution in [0.3, 0.4) is 0 Å². The minimum Gasteiger partial charge on any atom is -0.395 e. The zero-order chi connectivity index (χ0) is 8.77. The van der Waals surface area contributed by atoms with Crippen molar-refractivity contribution in [2.24, 2.45) is 5.41 Å². The van der Waals surface area contributed by atoms with Gasteiger partial charge in [-0.3, -0.25) is 0 Å². The van der Waals surface area contributed by atoms with Crippen molar-refractivity contribution in [3.05, 3.63) is 12.2 Å². The first kappa shape index (κ1) is 8.97. The van der Waals surface area contributed by atoms with Crippen LogP contribution in [0.15, 0.2) is 12.2 Å². The van der Waals surface area contributed by atoms with Gasteiger partial charge in [0.2, 0.25) is 0 Å². The second-order valence-corrected chi connectivity index (χ2v) is 4.97. The highest BCUT2D eigenvalue weighted by atomic mass is 127. The van der Waals surface area contributed by atoms with Crippen molar-refractivity contribution in [2.45, 2.75) is 29.5 Å². The molecule has 0 spiro atoms. The highest BCUT2D eigenvalue weighted by molar-refractivity contribution is 14.1. The van der Waals surface area contributed by atoms with Crippen molar-refractivity contribution < 1.29 is 9.84 Å². The lowest BCUT2D eigenvalue weighted by Gasteiger charge is -2.32. The fourth-order valence-corrected chi connectivity index (χ4v) is 3.49. The van der Waals surface area contributed by atoms with Crippen molar-refractivity contribution in [2.75, 3.05) is 6.61 Å². The summed E-state index contributed by atoms with van der Waals surface area (Å²) in [7, 11) is 0. The fraction of sp³-hybridized carbons (Fsp3) is 0.778. The van der Waals surface area contributed by atoms with Crippen LogP contribution >= 0.6 is 22.6 Å². The van der Waals surface area contributed by atoms with Crippen LogP contribution in [0.25, 0.3) is 0 Å². The second kappa shape index (κ2) is 2.96. The minimum atomic E-state index is -0.108. The van der Waals surface area contributed by atoms with Gasteiger partial charge in [-0.25, -0.2) is 0 Å². The zero-order valence-corrected chi connectivity index (χ0v) is 9.19. The molecule has 1 saturated heterocycles. The van der Waals surface area contributed by atoms with Crippen LogP contribution < -0.4 is 0 Å². The Morgan fingerprint density at radius 2 is 2.50 bits per heavy atom. The predicted octanol–water partition coefficient (Wildman–Crippen LogP) is 1.52. The number of hydrogen-bond donors (Lipinski definition) is 1. The van der Waals surface area contributed by atoms with E-state index in [0.717, 1.165) is 6.42 Å². The summed E-state index contributed by atoms with van der Waals surface area (Å²) in [6, 6.07) is 0. The molecule has 1 heterocycles. The predicted molar refractivity (Wildman–Crippen MR) is 55.4 cm³/mol. The van der Waals surface area contributed by atoms with E-state index in [9.17, 15) is 5.11 Å². The first-order valence-corrected chi connectivity index (χ1v) is 5.53. The summed E-state index contributed by atoms with van der Waals surface area (Å²) in [5.41, 5.74) is -0.108. The van der Waals surface area contributed by atoms with E-state index < -0.39 is 0 Å². The molecule has 0 saturated carbocycles. The number of halogens is 1. The van der Waals surface area contributed by atoms with Gasteiger partial charge < -0.3 is 9.84 Å². The van der Waals surface area contributed by atoms with Gasteiger partial charge >= 0.3 is 0 Å². The molecule has 1 aliphatic heterocycles. The lowest BCUT2D eigenvalue weighted by molar-refractivity contribution is 0.0268. The Balaban J connectivity index is 2.37. The van der Waals surface area contributed by atoms with Gasteiger partial charge in [0.05, 0.1) is 28.2 Å². The summed E-state index contributed by atoms with van der Waals surface area (Å²) < 4.78 is 6.19. The lowest BCUT2D eigenvalue weighted by Crippen LogP contribution is -2.39. The van der Waals surface area contributed by atoms with Crippen LogP contribution in [0.5, 0.6) is 0 Å². The molecule has 1 fully saturated rings. The summed E-state index contributed by atoms with van der Waals surface area (Å²) in [5.74, 6) is 0. The topological polar surface area (TPSA) is 29.5 Å². The van der Waals surface area contributed by atoms with E-state index in [1.54, 1.807) is 0 Å². The van der Waals surface area contributed by atoms with Crippen molar-refractivity contribution >= 4 is 22.6 Å². The third-order valence-electron chi connectivity index (χ3n) is 3.05. The minimum absolute atomic E-state index is 0.108. The molecule has 0 aromatic rings. The Morgan fingerprint density at radius 1 is 1.75 bits per heavy atom. The number of fused-ring (bicyclic) bond motifs is 2. The largest absolute Gasteiger partial charge is 0.395 e. The Kier molecular flexibility index (Phi) is 2.21. The molecular formula is C9H13IO2. The summed E-state index contributed by atoms with van der Waals surface area (Å²) >= 11 is 2.40. The smallest absolute Gasteiger partial charge is 0.0741 e. The summed E-state index contributed by atoms with van der Waals surface area (Å²) in [4.78, 5) is 0. The molecular weight excluding hydrogens is 267 g/mol. The maximum absolute atomic E-state index is 9.37. The second-order valence-electron chi connectivity index (χ2n) is 3.63. The molecule has 0 aromatic heterocycles. The maximum atomic E-state index is 9.37. The molecule has 2 aliphatic rings. The Bertz CT molecular complexity index is 217. The molecule has 2 rings (SSSR count). The van der Waals surface area contributed by atoms with Gasteiger partial charge in [-0.15, -0.1) is 0 Å². The van der Waals surface area contributed by atoms with Crippen LogP contribution in [-0.4, -0.2) is 27.8 Å². The first-order chi connectivity index (χ1) is 5.70. The highest BCUT2D eigenvalue weighted by Crippen LogP contribution is 2.48. The SMILES string of the molecule is C[C@H]1O[C@H]2CC=C[C@]1(CO)[C@@H]2I. The van der Waals surface area contributed by atoms with Gasteiger partial charge in [0.25, 0.3) is 0 Å². The van der Waals surface area contributed by atoms with E-state index in [4.69, 9.17) is 4.74 Å². The molecule has 2 bridgehead atoms. The van der Waals surface area contributed by atoms with Gasteiger partial charge in [0.1, 0.15) is 0 Å². The van der Waals surface area contributed by atoms with Crippen molar-refractivity contribution in [1.29, 1.82) is 0 Å². The van der Waals surface area contributed by atoms with Crippen LogP contribution in [0, 0.1) is 5.41 Å². The lowest BCUT2D eigenvalue weighted by atomic mass is 9.77. The van der Waals surface area contributed by atoms with Gasteiger partial charge in [0, 0.05) is 0 Å². The average molecular weight is 280 g/mol. The van der Waals surface area contributed by atoms with E-state index >= 15 is 0 Å². The first-order valence-electron chi connectivity index (χ1n) is 4.29. The highest BCUT2D eigenvalue weighted by Gasteiger charge is 2.52. The number of ether oxygens (including phenoxy) is 1. The van der Waals surface area contributed by atoms with Gasteiger partial charge in [0.15, 0.2) is 0 Å². The summed E-state index contributed by atoms with van der Waals surface area (Å²) in [5, 5.41) is 9.37. The molecule has 68 valence electrons. The van der Waals surface area contributed by atoms with Crippen molar-refractivity contribution in [3.8, 4) is 0 Å². The zero-order valence-electron chi connectivity index (χ0n) is 7.03. The molecule has 1 N–H and O–H groups in total. The van der Waals surface area contributed by atoms with Gasteiger partial charge in [-0.1, -0.05) is 34.7 Å². The van der Waals surface area contributed by atoms with Gasteiger partial charge in [-0.2, -0.15) is 0 Å². The van der Waals surface area contributed by atoms with Crippen LogP contribution in [0.4, 0.5) is 0 Å². The molecule has 0 amide bonds. The third-order valence-corrected chi connectivity index (χ3v) is 5.01. The number of alkyl halides is 1. The van der Waals surface area contributed by atoms with Crippen LogP contribution in [0.1, 0.15) is 13.3 Å².